The molecule has 0 saturated heterocycles. The lowest BCUT2D eigenvalue weighted by atomic mass is 10.1. The Morgan fingerprint density at radius 3 is 2.68 bits per heavy atom. The number of carbonyl (C=O) groups is 1. The summed E-state index contributed by atoms with van der Waals surface area (Å²) in [6, 6.07) is 7.48. The highest BCUT2D eigenvalue weighted by atomic mass is 32.1. The Hall–Kier alpha value is -2.98. The first-order valence-electron chi connectivity index (χ1n) is 8.38. The van der Waals surface area contributed by atoms with Gasteiger partial charge in [-0.1, -0.05) is 23.5 Å². The Bertz CT molecular complexity index is 1050. The van der Waals surface area contributed by atoms with Crippen LogP contribution < -0.4 is 9.80 Å². The van der Waals surface area contributed by atoms with Gasteiger partial charge < -0.3 is 4.90 Å². The van der Waals surface area contributed by atoms with Crippen LogP contribution in [0.4, 0.5) is 19.6 Å². The third-order valence-corrected chi connectivity index (χ3v) is 5.07. The van der Waals surface area contributed by atoms with Crippen molar-refractivity contribution in [1.29, 1.82) is 0 Å². The summed E-state index contributed by atoms with van der Waals surface area (Å²) < 4.78 is 27.8. The van der Waals surface area contributed by atoms with E-state index in [4.69, 9.17) is 0 Å². The van der Waals surface area contributed by atoms with Crippen molar-refractivity contribution >= 4 is 38.3 Å². The number of thiazole rings is 1. The second-order valence-electron chi connectivity index (χ2n) is 6.42. The van der Waals surface area contributed by atoms with E-state index in [-0.39, 0.29) is 33.1 Å². The molecule has 0 aliphatic rings. The molecule has 0 fully saturated rings. The summed E-state index contributed by atoms with van der Waals surface area (Å²) in [4.78, 5) is 30.3. The standard InChI is InChI=1S/C18H16F2N4O3S/c1-22(2)7-8-23(17(25)12-5-3-4-6-14(12)24(26)27)18-21-16-13(20)9-11(19)10-15(16)28-18/h3-6,9-10H,7-8H2,1-2H3/p+1. The lowest BCUT2D eigenvalue weighted by Crippen LogP contribution is -3.06. The third kappa shape index (κ3) is 3.97. The number of benzene rings is 2. The SMILES string of the molecule is C[NH+](C)CCN(C(=O)c1ccccc1[N+](=O)[O-])c1nc2c(F)cc(F)cc2s1. The smallest absolute Gasteiger partial charge is 0.282 e. The predicted octanol–water partition coefficient (Wildman–Crippen LogP) is 2.27. The summed E-state index contributed by atoms with van der Waals surface area (Å²) >= 11 is 0.957. The first-order valence-corrected chi connectivity index (χ1v) is 9.19. The van der Waals surface area contributed by atoms with E-state index in [9.17, 15) is 23.7 Å². The van der Waals surface area contributed by atoms with Gasteiger partial charge in [0.25, 0.3) is 11.6 Å². The maximum atomic E-state index is 14.0. The Morgan fingerprint density at radius 1 is 1.29 bits per heavy atom. The molecule has 0 bridgehead atoms. The quantitative estimate of drug-likeness (QED) is 0.502. The second kappa shape index (κ2) is 7.95. The first-order chi connectivity index (χ1) is 13.3. The zero-order valence-corrected chi connectivity index (χ0v) is 15.9. The van der Waals surface area contributed by atoms with Gasteiger partial charge in [0, 0.05) is 12.1 Å². The van der Waals surface area contributed by atoms with Crippen molar-refractivity contribution in [3.8, 4) is 0 Å². The number of nitrogens with one attached hydrogen (secondary N) is 1. The average molecular weight is 407 g/mol. The molecule has 7 nitrogen and oxygen atoms in total. The summed E-state index contributed by atoms with van der Waals surface area (Å²) in [5.41, 5.74) is -0.459. The summed E-state index contributed by atoms with van der Waals surface area (Å²) in [5, 5.41) is 11.5. The molecule has 3 aromatic rings. The van der Waals surface area contributed by atoms with Gasteiger partial charge in [0.15, 0.2) is 10.9 Å². The van der Waals surface area contributed by atoms with Crippen molar-refractivity contribution in [2.45, 2.75) is 0 Å². The van der Waals surface area contributed by atoms with Gasteiger partial charge in [-0.05, 0) is 12.1 Å². The van der Waals surface area contributed by atoms with Gasteiger partial charge in [0.1, 0.15) is 16.9 Å². The van der Waals surface area contributed by atoms with E-state index >= 15 is 0 Å². The normalized spacial score (nSPS) is 11.2. The fraction of sp³-hybridized carbons (Fsp3) is 0.222. The summed E-state index contributed by atoms with van der Waals surface area (Å²) in [6.07, 6.45) is 0. The summed E-state index contributed by atoms with van der Waals surface area (Å²) in [7, 11) is 3.78. The van der Waals surface area contributed by atoms with Crippen LogP contribution in [0.25, 0.3) is 10.2 Å². The average Bonchev–Trinajstić information content (AvgIpc) is 3.05. The Balaban J connectivity index is 2.08. The van der Waals surface area contributed by atoms with E-state index in [2.05, 4.69) is 4.98 Å². The van der Waals surface area contributed by atoms with E-state index in [1.807, 2.05) is 14.1 Å². The highest BCUT2D eigenvalue weighted by Crippen LogP contribution is 2.32. The fourth-order valence-corrected chi connectivity index (χ4v) is 3.67. The van der Waals surface area contributed by atoms with Crippen molar-refractivity contribution in [3.63, 3.8) is 0 Å². The highest BCUT2D eigenvalue weighted by molar-refractivity contribution is 7.22. The zero-order chi connectivity index (χ0) is 20.4. The van der Waals surface area contributed by atoms with Gasteiger partial charge in [-0.2, -0.15) is 0 Å². The van der Waals surface area contributed by atoms with E-state index in [1.54, 1.807) is 0 Å². The number of halogens is 2. The Kier molecular flexibility index (Phi) is 5.61. The Labute approximate surface area is 163 Å². The van der Waals surface area contributed by atoms with Crippen molar-refractivity contribution in [2.75, 3.05) is 32.1 Å². The molecule has 1 amide bonds. The molecule has 146 valence electrons. The van der Waals surface area contributed by atoms with Crippen LogP contribution in [-0.4, -0.2) is 43.0 Å². The van der Waals surface area contributed by atoms with Gasteiger partial charge >= 0.3 is 0 Å². The monoisotopic (exact) mass is 407 g/mol. The number of hydrogen-bond acceptors (Lipinski definition) is 5. The summed E-state index contributed by atoms with van der Waals surface area (Å²) in [6.45, 7) is 0.732. The molecule has 0 atom stereocenters. The minimum Gasteiger partial charge on any atom is -0.338 e. The largest absolute Gasteiger partial charge is 0.338 e. The van der Waals surface area contributed by atoms with Gasteiger partial charge in [-0.15, -0.1) is 0 Å². The molecule has 28 heavy (non-hydrogen) atoms. The Morgan fingerprint density at radius 2 is 2.00 bits per heavy atom. The fourth-order valence-electron chi connectivity index (χ4n) is 2.64. The lowest BCUT2D eigenvalue weighted by Gasteiger charge is -2.20. The molecule has 1 heterocycles. The number of nitrogens with zero attached hydrogens (tertiary/aromatic N) is 3. The zero-order valence-electron chi connectivity index (χ0n) is 15.1. The number of likely N-dealkylation sites (N-methyl/N-ethyl adjacent to an activating group) is 1. The molecular weight excluding hydrogens is 390 g/mol. The number of hydrogen-bond donors (Lipinski definition) is 1. The maximum Gasteiger partial charge on any atom is 0.282 e. The first kappa shape index (κ1) is 19.8. The molecule has 1 N–H and O–H groups in total. The minimum absolute atomic E-state index is 0.0426. The summed E-state index contributed by atoms with van der Waals surface area (Å²) in [5.74, 6) is -2.18. The molecule has 0 unspecified atom stereocenters. The number of rotatable bonds is 6. The number of anilines is 1. The topological polar surface area (TPSA) is 80.8 Å². The second-order valence-corrected chi connectivity index (χ2v) is 7.43. The maximum absolute atomic E-state index is 14.0. The molecule has 0 saturated carbocycles. The van der Waals surface area contributed by atoms with Crippen molar-refractivity contribution < 1.29 is 23.4 Å². The van der Waals surface area contributed by atoms with Crippen LogP contribution in [0.3, 0.4) is 0 Å². The van der Waals surface area contributed by atoms with E-state index in [0.717, 1.165) is 28.4 Å². The number of nitro benzene ring substituents is 1. The molecule has 0 radical (unpaired) electrons. The van der Waals surface area contributed by atoms with Crippen molar-refractivity contribution in [3.05, 3.63) is 63.7 Å². The molecule has 0 aliphatic carbocycles. The molecule has 2 aromatic carbocycles. The lowest BCUT2D eigenvalue weighted by molar-refractivity contribution is -0.856. The van der Waals surface area contributed by atoms with Gasteiger partial charge in [-0.25, -0.2) is 13.8 Å². The minimum atomic E-state index is -0.825. The molecule has 0 spiro atoms. The molecule has 0 aliphatic heterocycles. The number of para-hydroxylation sites is 1. The van der Waals surface area contributed by atoms with Crippen LogP contribution in [0.1, 0.15) is 10.4 Å². The van der Waals surface area contributed by atoms with E-state index in [0.29, 0.717) is 6.54 Å². The molecule has 3 rings (SSSR count). The highest BCUT2D eigenvalue weighted by Gasteiger charge is 2.28. The number of fused-ring (bicyclic) bond motifs is 1. The van der Waals surface area contributed by atoms with Crippen LogP contribution >= 0.6 is 11.3 Å². The van der Waals surface area contributed by atoms with Crippen LogP contribution in [0, 0.1) is 21.7 Å². The number of amides is 1. The molecule has 1 aromatic heterocycles. The van der Waals surface area contributed by atoms with Crippen molar-refractivity contribution in [1.82, 2.24) is 4.98 Å². The van der Waals surface area contributed by atoms with E-state index in [1.165, 1.54) is 29.2 Å². The van der Waals surface area contributed by atoms with Crippen LogP contribution in [0.15, 0.2) is 36.4 Å². The van der Waals surface area contributed by atoms with E-state index < -0.39 is 22.5 Å². The number of nitro groups is 1. The van der Waals surface area contributed by atoms with Crippen LogP contribution in [0.5, 0.6) is 0 Å². The van der Waals surface area contributed by atoms with Gasteiger partial charge in [0.05, 0.1) is 36.8 Å². The van der Waals surface area contributed by atoms with Crippen LogP contribution in [0.2, 0.25) is 0 Å². The number of quaternary nitrogens is 1. The molecular formula is C18H17F2N4O3S+. The molecule has 10 heteroatoms. The van der Waals surface area contributed by atoms with Crippen molar-refractivity contribution in [2.24, 2.45) is 0 Å². The van der Waals surface area contributed by atoms with Gasteiger partial charge in [-0.3, -0.25) is 19.8 Å². The third-order valence-electron chi connectivity index (χ3n) is 4.04. The number of aromatic nitrogens is 1. The predicted molar refractivity (Wildman–Crippen MR) is 102 cm³/mol. The van der Waals surface area contributed by atoms with Crippen LogP contribution in [-0.2, 0) is 0 Å². The number of carbonyl (C=O) groups excluding carboxylic acids is 1. The van der Waals surface area contributed by atoms with Gasteiger partial charge in [0.2, 0.25) is 0 Å².